The van der Waals surface area contributed by atoms with Crippen LogP contribution in [0.5, 0.6) is 0 Å². The van der Waals surface area contributed by atoms with Crippen molar-refractivity contribution in [3.8, 4) is 0 Å². The van der Waals surface area contributed by atoms with Crippen LogP contribution in [-0.4, -0.2) is 39.8 Å². The van der Waals surface area contributed by atoms with Gasteiger partial charge in [0.2, 0.25) is 0 Å². The molecular weight excluding hydrogens is 352 g/mol. The van der Waals surface area contributed by atoms with Gasteiger partial charge in [-0.2, -0.15) is 0 Å². The summed E-state index contributed by atoms with van der Waals surface area (Å²) in [6.45, 7) is 1.99. The van der Waals surface area contributed by atoms with Crippen molar-refractivity contribution < 1.29 is 14.6 Å². The first-order chi connectivity index (χ1) is 10.5. The van der Waals surface area contributed by atoms with Crippen molar-refractivity contribution in [3.63, 3.8) is 0 Å². The first-order valence-corrected chi connectivity index (χ1v) is 8.19. The van der Waals surface area contributed by atoms with Gasteiger partial charge in [-0.25, -0.2) is 9.78 Å². The highest BCUT2D eigenvalue weighted by atomic mass is 79.9. The maximum Gasteiger partial charge on any atom is 0.329 e. The molecule has 1 aromatic rings. The number of aliphatic hydroxyl groups excluding tert-OH is 1. The Kier molecular flexibility index (Phi) is 6.10. The minimum absolute atomic E-state index is 0.181. The van der Waals surface area contributed by atoms with Crippen molar-refractivity contribution in [3.05, 3.63) is 16.5 Å². The first kappa shape index (κ1) is 17.1. The SMILES string of the molecule is CCOC(=O)C(N)c1ncc(Br)nc1NC1CCC(O)CC1. The van der Waals surface area contributed by atoms with Gasteiger partial charge in [-0.15, -0.1) is 0 Å². The molecule has 0 amide bonds. The zero-order chi connectivity index (χ0) is 16.1. The molecule has 22 heavy (non-hydrogen) atoms. The molecule has 1 aliphatic rings. The quantitative estimate of drug-likeness (QED) is 0.671. The van der Waals surface area contributed by atoms with Crippen molar-refractivity contribution in [1.29, 1.82) is 0 Å². The third kappa shape index (κ3) is 4.37. The predicted octanol–water partition coefficient (Wildman–Crippen LogP) is 1.52. The van der Waals surface area contributed by atoms with E-state index in [9.17, 15) is 9.90 Å². The van der Waals surface area contributed by atoms with Crippen molar-refractivity contribution in [2.75, 3.05) is 11.9 Å². The Bertz CT molecular complexity index is 521. The van der Waals surface area contributed by atoms with Gasteiger partial charge in [0, 0.05) is 6.04 Å². The lowest BCUT2D eigenvalue weighted by Crippen LogP contribution is -2.31. The van der Waals surface area contributed by atoms with Crippen LogP contribution in [0, 0.1) is 0 Å². The molecule has 122 valence electrons. The normalized spacial score (nSPS) is 22.9. The summed E-state index contributed by atoms with van der Waals surface area (Å²) in [6, 6.07) is -0.794. The molecule has 1 fully saturated rings. The second-order valence-electron chi connectivity index (χ2n) is 5.31. The second-order valence-corrected chi connectivity index (χ2v) is 6.12. The summed E-state index contributed by atoms with van der Waals surface area (Å²) in [6.07, 6.45) is 4.45. The highest BCUT2D eigenvalue weighted by Gasteiger charge is 2.26. The zero-order valence-corrected chi connectivity index (χ0v) is 14.0. The summed E-state index contributed by atoms with van der Waals surface area (Å²) in [5.74, 6) is -0.0439. The van der Waals surface area contributed by atoms with Gasteiger partial charge >= 0.3 is 5.97 Å². The van der Waals surface area contributed by atoms with E-state index in [0.29, 0.717) is 16.1 Å². The maximum absolute atomic E-state index is 11.8. The van der Waals surface area contributed by atoms with Crippen molar-refractivity contribution >= 4 is 27.7 Å². The summed E-state index contributed by atoms with van der Waals surface area (Å²) >= 11 is 3.28. The highest BCUT2D eigenvalue weighted by Crippen LogP contribution is 2.25. The van der Waals surface area contributed by atoms with Gasteiger partial charge in [0.25, 0.3) is 0 Å². The van der Waals surface area contributed by atoms with Crippen LogP contribution < -0.4 is 11.1 Å². The highest BCUT2D eigenvalue weighted by molar-refractivity contribution is 9.10. The Morgan fingerprint density at radius 1 is 1.55 bits per heavy atom. The summed E-state index contributed by atoms with van der Waals surface area (Å²) in [4.78, 5) is 20.4. The molecule has 4 N–H and O–H groups in total. The number of aromatic nitrogens is 2. The van der Waals surface area contributed by atoms with Gasteiger partial charge in [-0.3, -0.25) is 4.98 Å². The smallest absolute Gasteiger partial charge is 0.329 e. The summed E-state index contributed by atoms with van der Waals surface area (Å²) in [5.41, 5.74) is 6.30. The molecule has 1 aliphatic carbocycles. The molecule has 1 aromatic heterocycles. The van der Waals surface area contributed by atoms with Crippen molar-refractivity contribution in [1.82, 2.24) is 9.97 Å². The summed E-state index contributed by atoms with van der Waals surface area (Å²) < 4.78 is 5.50. The fourth-order valence-corrected chi connectivity index (χ4v) is 2.75. The van der Waals surface area contributed by atoms with Gasteiger partial charge in [0.15, 0.2) is 5.82 Å². The Hall–Kier alpha value is -1.25. The van der Waals surface area contributed by atoms with E-state index in [4.69, 9.17) is 10.5 Å². The summed E-state index contributed by atoms with van der Waals surface area (Å²) in [5, 5.41) is 12.9. The van der Waals surface area contributed by atoms with E-state index in [-0.39, 0.29) is 18.8 Å². The van der Waals surface area contributed by atoms with Gasteiger partial charge < -0.3 is 20.9 Å². The lowest BCUT2D eigenvalue weighted by atomic mass is 9.93. The number of hydrogen-bond donors (Lipinski definition) is 3. The molecule has 1 unspecified atom stereocenters. The molecule has 0 bridgehead atoms. The van der Waals surface area contributed by atoms with Gasteiger partial charge in [-0.05, 0) is 48.5 Å². The van der Waals surface area contributed by atoms with Crippen LogP contribution in [0.3, 0.4) is 0 Å². The van der Waals surface area contributed by atoms with Gasteiger partial charge in [0.1, 0.15) is 16.3 Å². The topological polar surface area (TPSA) is 110 Å². The number of rotatable bonds is 5. The molecule has 2 rings (SSSR count). The van der Waals surface area contributed by atoms with E-state index in [0.717, 1.165) is 25.7 Å². The number of anilines is 1. The Morgan fingerprint density at radius 2 is 2.23 bits per heavy atom. The number of esters is 1. The number of carbonyl (C=O) groups is 1. The Labute approximate surface area is 137 Å². The van der Waals surface area contributed by atoms with Gasteiger partial charge in [-0.1, -0.05) is 0 Å². The molecule has 0 spiro atoms. The fraction of sp³-hybridized carbons (Fsp3) is 0.643. The average Bonchev–Trinajstić information content (AvgIpc) is 2.49. The number of halogens is 1. The minimum Gasteiger partial charge on any atom is -0.465 e. The number of aliphatic hydroxyl groups is 1. The van der Waals surface area contributed by atoms with E-state index >= 15 is 0 Å². The van der Waals surface area contributed by atoms with Crippen LogP contribution in [0.4, 0.5) is 5.82 Å². The van der Waals surface area contributed by atoms with E-state index in [1.165, 1.54) is 6.20 Å². The van der Waals surface area contributed by atoms with E-state index in [1.54, 1.807) is 6.92 Å². The predicted molar refractivity (Wildman–Crippen MR) is 85.2 cm³/mol. The molecule has 0 saturated heterocycles. The number of carbonyl (C=O) groups excluding carboxylic acids is 1. The molecule has 0 aromatic carbocycles. The standard InChI is InChI=1S/C14H21BrN4O3/c1-2-22-14(21)11(16)12-13(19-10(15)7-17-12)18-8-3-5-9(20)6-4-8/h7-9,11,20H,2-6,16H2,1H3,(H,18,19). The van der Waals surface area contributed by atoms with Gasteiger partial charge in [0.05, 0.1) is 18.9 Å². The third-order valence-corrected chi connectivity index (χ3v) is 4.03. The molecule has 7 nitrogen and oxygen atoms in total. The minimum atomic E-state index is -0.975. The lowest BCUT2D eigenvalue weighted by Gasteiger charge is -2.27. The van der Waals surface area contributed by atoms with E-state index in [2.05, 4.69) is 31.2 Å². The van der Waals surface area contributed by atoms with Crippen LogP contribution >= 0.6 is 15.9 Å². The van der Waals surface area contributed by atoms with Crippen LogP contribution in [0.15, 0.2) is 10.8 Å². The monoisotopic (exact) mass is 372 g/mol. The molecular formula is C14H21BrN4O3. The van der Waals surface area contributed by atoms with Crippen molar-refractivity contribution in [2.24, 2.45) is 5.73 Å². The fourth-order valence-electron chi connectivity index (χ4n) is 2.47. The van der Waals surface area contributed by atoms with E-state index in [1.807, 2.05) is 0 Å². The Balaban J connectivity index is 2.15. The second kappa shape index (κ2) is 7.85. The summed E-state index contributed by atoms with van der Waals surface area (Å²) in [7, 11) is 0. The third-order valence-electron chi connectivity index (χ3n) is 3.64. The van der Waals surface area contributed by atoms with Crippen LogP contribution in [0.1, 0.15) is 44.3 Å². The number of hydrogen-bond acceptors (Lipinski definition) is 7. The lowest BCUT2D eigenvalue weighted by molar-refractivity contribution is -0.144. The number of nitrogens with zero attached hydrogens (tertiary/aromatic N) is 2. The average molecular weight is 373 g/mol. The number of ether oxygens (including phenoxy) is 1. The molecule has 8 heteroatoms. The molecule has 1 atom stereocenters. The zero-order valence-electron chi connectivity index (χ0n) is 12.5. The molecule has 1 heterocycles. The molecule has 0 radical (unpaired) electrons. The van der Waals surface area contributed by atoms with E-state index < -0.39 is 12.0 Å². The molecule has 1 saturated carbocycles. The molecule has 0 aliphatic heterocycles. The van der Waals surface area contributed by atoms with Crippen LogP contribution in [-0.2, 0) is 9.53 Å². The number of nitrogens with two attached hydrogens (primary N) is 1. The maximum atomic E-state index is 11.8. The van der Waals surface area contributed by atoms with Crippen molar-refractivity contribution in [2.45, 2.75) is 50.8 Å². The van der Waals surface area contributed by atoms with Crippen LogP contribution in [0.2, 0.25) is 0 Å². The first-order valence-electron chi connectivity index (χ1n) is 7.40. The number of nitrogens with one attached hydrogen (secondary N) is 1. The van der Waals surface area contributed by atoms with Crippen LogP contribution in [0.25, 0.3) is 0 Å². The largest absolute Gasteiger partial charge is 0.465 e. The Morgan fingerprint density at radius 3 is 2.86 bits per heavy atom.